The summed E-state index contributed by atoms with van der Waals surface area (Å²) < 4.78 is 5.49. The van der Waals surface area contributed by atoms with Crippen LogP contribution in [0.4, 0.5) is 0 Å². The Hall–Kier alpha value is -1.42. The zero-order valence-corrected chi connectivity index (χ0v) is 10.9. The maximum Gasteiger partial charge on any atom is 0.354 e. The normalized spacial score (nSPS) is 10.5. The predicted octanol–water partition coefficient (Wildman–Crippen LogP) is 3.27. The van der Waals surface area contributed by atoms with E-state index in [-0.39, 0.29) is 5.69 Å². The lowest BCUT2D eigenvalue weighted by Crippen LogP contribution is -2.07. The first-order valence-corrected chi connectivity index (χ1v) is 6.50. The van der Waals surface area contributed by atoms with Crippen molar-refractivity contribution < 1.29 is 14.6 Å². The minimum Gasteiger partial charge on any atom is -0.477 e. The molecule has 0 saturated heterocycles. The molecule has 4 heteroatoms. The summed E-state index contributed by atoms with van der Waals surface area (Å²) in [6.45, 7) is 3.19. The van der Waals surface area contributed by atoms with Crippen LogP contribution in [0, 0.1) is 0 Å². The van der Waals surface area contributed by atoms with Crippen molar-refractivity contribution in [2.45, 2.75) is 45.6 Å². The molecule has 0 saturated carbocycles. The summed E-state index contributed by atoms with van der Waals surface area (Å²) in [5.41, 5.74) is 0.724. The highest BCUT2D eigenvalue weighted by atomic mass is 16.5. The van der Waals surface area contributed by atoms with Gasteiger partial charge in [0.2, 0.25) is 0 Å². The summed E-state index contributed by atoms with van der Waals surface area (Å²) in [5.74, 6) is -1.00. The van der Waals surface area contributed by atoms with E-state index in [2.05, 4.69) is 11.9 Å². The van der Waals surface area contributed by atoms with Crippen LogP contribution in [0.2, 0.25) is 0 Å². The number of nitrogens with zero attached hydrogens (tertiary/aromatic N) is 1. The molecule has 0 fully saturated rings. The van der Waals surface area contributed by atoms with Gasteiger partial charge in [-0.25, -0.2) is 9.78 Å². The summed E-state index contributed by atoms with van der Waals surface area (Å²) in [6.07, 6.45) is 7.43. The van der Waals surface area contributed by atoms with Crippen molar-refractivity contribution in [1.29, 1.82) is 0 Å². The van der Waals surface area contributed by atoms with Gasteiger partial charge in [-0.3, -0.25) is 0 Å². The minimum absolute atomic E-state index is 0.0866. The van der Waals surface area contributed by atoms with Crippen LogP contribution in [-0.4, -0.2) is 22.7 Å². The third kappa shape index (κ3) is 5.27. The predicted molar refractivity (Wildman–Crippen MR) is 69.6 cm³/mol. The second-order valence-corrected chi connectivity index (χ2v) is 4.28. The van der Waals surface area contributed by atoms with Crippen molar-refractivity contribution in [3.05, 3.63) is 29.6 Å². The number of carboxylic acid groups (broad SMARTS) is 1. The number of carbonyl (C=O) groups is 1. The topological polar surface area (TPSA) is 59.4 Å². The van der Waals surface area contributed by atoms with Crippen LogP contribution >= 0.6 is 0 Å². The van der Waals surface area contributed by atoms with Gasteiger partial charge in [-0.05, 0) is 12.5 Å². The van der Waals surface area contributed by atoms with E-state index in [9.17, 15) is 4.79 Å². The van der Waals surface area contributed by atoms with Gasteiger partial charge >= 0.3 is 5.97 Å². The maximum atomic E-state index is 10.9. The number of aromatic carboxylic acids is 1. The monoisotopic (exact) mass is 251 g/mol. The average molecular weight is 251 g/mol. The van der Waals surface area contributed by atoms with Crippen molar-refractivity contribution >= 4 is 5.97 Å². The van der Waals surface area contributed by atoms with Crippen LogP contribution in [-0.2, 0) is 11.3 Å². The number of pyridine rings is 1. The number of unbranched alkanes of at least 4 members (excludes halogenated alkanes) is 4. The van der Waals surface area contributed by atoms with Crippen molar-refractivity contribution in [3.8, 4) is 0 Å². The standard InChI is InChI=1S/C14H21NO3/c1-2-3-4-5-6-10-18-11-12-8-7-9-15-13(12)14(16)17/h7-9H,2-6,10-11H2,1H3,(H,16,17). The van der Waals surface area contributed by atoms with E-state index < -0.39 is 5.97 Å². The summed E-state index contributed by atoms with van der Waals surface area (Å²) in [4.78, 5) is 14.7. The Balaban J connectivity index is 2.25. The first-order valence-electron chi connectivity index (χ1n) is 6.50. The zero-order valence-electron chi connectivity index (χ0n) is 10.9. The highest BCUT2D eigenvalue weighted by Crippen LogP contribution is 2.08. The number of hydrogen-bond acceptors (Lipinski definition) is 3. The summed E-state index contributed by atoms with van der Waals surface area (Å²) in [7, 11) is 0. The molecular weight excluding hydrogens is 230 g/mol. The molecule has 0 atom stereocenters. The van der Waals surface area contributed by atoms with Crippen molar-refractivity contribution in [3.63, 3.8) is 0 Å². The molecular formula is C14H21NO3. The third-order valence-corrected chi connectivity index (χ3v) is 2.74. The fourth-order valence-electron chi connectivity index (χ4n) is 1.74. The Morgan fingerprint density at radius 3 is 2.83 bits per heavy atom. The molecule has 1 aromatic heterocycles. The average Bonchev–Trinajstić information content (AvgIpc) is 2.38. The van der Waals surface area contributed by atoms with Gasteiger partial charge < -0.3 is 9.84 Å². The van der Waals surface area contributed by atoms with Crippen LogP contribution < -0.4 is 0 Å². The summed E-state index contributed by atoms with van der Waals surface area (Å²) >= 11 is 0. The Bertz CT molecular complexity index is 366. The molecule has 0 aliphatic rings. The molecule has 1 heterocycles. The maximum absolute atomic E-state index is 10.9. The number of ether oxygens (including phenoxy) is 1. The first-order chi connectivity index (χ1) is 8.75. The number of hydrogen-bond donors (Lipinski definition) is 1. The molecule has 0 unspecified atom stereocenters. The van der Waals surface area contributed by atoms with Crippen LogP contribution in [0.25, 0.3) is 0 Å². The van der Waals surface area contributed by atoms with Gasteiger partial charge in [-0.2, -0.15) is 0 Å². The van der Waals surface area contributed by atoms with Crippen molar-refractivity contribution in [1.82, 2.24) is 4.98 Å². The van der Waals surface area contributed by atoms with Gasteiger partial charge in [-0.1, -0.05) is 38.7 Å². The lowest BCUT2D eigenvalue weighted by molar-refractivity contribution is 0.0679. The SMILES string of the molecule is CCCCCCCOCc1cccnc1C(=O)O. The van der Waals surface area contributed by atoms with Gasteiger partial charge in [-0.15, -0.1) is 0 Å². The highest BCUT2D eigenvalue weighted by Gasteiger charge is 2.10. The summed E-state index contributed by atoms with van der Waals surface area (Å²) in [6, 6.07) is 3.47. The molecule has 0 aliphatic carbocycles. The van der Waals surface area contributed by atoms with E-state index in [1.165, 1.54) is 31.9 Å². The highest BCUT2D eigenvalue weighted by molar-refractivity contribution is 5.86. The second-order valence-electron chi connectivity index (χ2n) is 4.28. The molecule has 0 aromatic carbocycles. The Kier molecular flexibility index (Phi) is 7.03. The Labute approximate surface area is 108 Å². The van der Waals surface area contributed by atoms with Gasteiger partial charge in [0.15, 0.2) is 5.69 Å². The Morgan fingerprint density at radius 2 is 2.11 bits per heavy atom. The van der Waals surface area contributed by atoms with Crippen LogP contribution in [0.5, 0.6) is 0 Å². The van der Waals surface area contributed by atoms with E-state index in [0.29, 0.717) is 18.8 Å². The van der Waals surface area contributed by atoms with Gasteiger partial charge in [0, 0.05) is 18.4 Å². The van der Waals surface area contributed by atoms with E-state index in [1.807, 2.05) is 0 Å². The van der Waals surface area contributed by atoms with E-state index in [0.717, 1.165) is 6.42 Å². The molecule has 0 radical (unpaired) electrons. The molecule has 4 nitrogen and oxygen atoms in total. The van der Waals surface area contributed by atoms with Gasteiger partial charge in [0.25, 0.3) is 0 Å². The molecule has 1 N–H and O–H groups in total. The molecule has 100 valence electrons. The van der Waals surface area contributed by atoms with Crippen molar-refractivity contribution in [2.75, 3.05) is 6.61 Å². The molecule has 18 heavy (non-hydrogen) atoms. The van der Waals surface area contributed by atoms with Crippen LogP contribution in [0.15, 0.2) is 18.3 Å². The van der Waals surface area contributed by atoms with Crippen LogP contribution in [0.1, 0.15) is 55.1 Å². The molecule has 0 aliphatic heterocycles. The van der Waals surface area contributed by atoms with Crippen molar-refractivity contribution in [2.24, 2.45) is 0 Å². The zero-order chi connectivity index (χ0) is 13.2. The Morgan fingerprint density at radius 1 is 1.33 bits per heavy atom. The molecule has 0 spiro atoms. The molecule has 0 bridgehead atoms. The number of aromatic nitrogens is 1. The molecule has 1 aromatic rings. The number of carboxylic acids is 1. The summed E-state index contributed by atoms with van der Waals surface area (Å²) in [5, 5.41) is 8.95. The minimum atomic E-state index is -1.00. The second kappa shape index (κ2) is 8.64. The fourth-order valence-corrected chi connectivity index (χ4v) is 1.74. The first kappa shape index (κ1) is 14.6. The fraction of sp³-hybridized carbons (Fsp3) is 0.571. The lowest BCUT2D eigenvalue weighted by atomic mass is 10.2. The molecule has 1 rings (SSSR count). The molecule has 0 amide bonds. The van der Waals surface area contributed by atoms with E-state index >= 15 is 0 Å². The van der Waals surface area contributed by atoms with E-state index in [4.69, 9.17) is 9.84 Å². The van der Waals surface area contributed by atoms with E-state index in [1.54, 1.807) is 12.1 Å². The quantitative estimate of drug-likeness (QED) is 0.684. The third-order valence-electron chi connectivity index (χ3n) is 2.74. The smallest absolute Gasteiger partial charge is 0.354 e. The largest absolute Gasteiger partial charge is 0.477 e. The van der Waals surface area contributed by atoms with Gasteiger partial charge in [0.05, 0.1) is 6.61 Å². The van der Waals surface area contributed by atoms with Gasteiger partial charge in [0.1, 0.15) is 0 Å². The number of rotatable bonds is 9. The van der Waals surface area contributed by atoms with Crippen LogP contribution in [0.3, 0.4) is 0 Å². The lowest BCUT2D eigenvalue weighted by Gasteiger charge is -2.06.